The molecule has 1 aromatic heterocycles. The normalized spacial score (nSPS) is 14.6. The molecule has 0 N–H and O–H groups in total. The number of nitrogens with zero attached hydrogens (tertiary/aromatic N) is 6. The Bertz CT molecular complexity index is 749. The maximum atomic E-state index is 12.5. The molecule has 0 saturated carbocycles. The summed E-state index contributed by atoms with van der Waals surface area (Å²) in [4.78, 5) is 28.3. The van der Waals surface area contributed by atoms with Gasteiger partial charge < -0.3 is 9.80 Å². The Morgan fingerprint density at radius 2 is 1.63 bits per heavy atom. The van der Waals surface area contributed by atoms with Crippen LogP contribution in [-0.2, 0) is 22.6 Å². The first-order valence-corrected chi connectivity index (χ1v) is 9.38. The third-order valence-corrected chi connectivity index (χ3v) is 4.95. The van der Waals surface area contributed by atoms with E-state index in [0.717, 1.165) is 6.42 Å². The monoisotopic (exact) mass is 370 g/mol. The predicted octanol–water partition coefficient (Wildman–Crippen LogP) is 1.10. The molecule has 0 unspecified atom stereocenters. The van der Waals surface area contributed by atoms with Crippen LogP contribution in [0.5, 0.6) is 0 Å². The highest BCUT2D eigenvalue weighted by molar-refractivity contribution is 5.78. The fourth-order valence-electron chi connectivity index (χ4n) is 3.18. The van der Waals surface area contributed by atoms with E-state index in [1.165, 1.54) is 22.1 Å². The van der Waals surface area contributed by atoms with Crippen LogP contribution in [-0.4, -0.2) is 68.0 Å². The average Bonchev–Trinajstić information content (AvgIpc) is 3.19. The lowest BCUT2D eigenvalue weighted by Gasteiger charge is -2.34. The quantitative estimate of drug-likeness (QED) is 0.760. The van der Waals surface area contributed by atoms with E-state index in [0.29, 0.717) is 38.5 Å². The van der Waals surface area contributed by atoms with Crippen LogP contribution in [0.3, 0.4) is 0 Å². The predicted molar refractivity (Wildman–Crippen MR) is 99.8 cm³/mol. The summed E-state index contributed by atoms with van der Waals surface area (Å²) in [7, 11) is 0. The Balaban J connectivity index is 1.42. The van der Waals surface area contributed by atoms with Gasteiger partial charge in [0.25, 0.3) is 0 Å². The number of tetrazole rings is 1. The largest absolute Gasteiger partial charge is 0.339 e. The second-order valence-electron chi connectivity index (χ2n) is 7.17. The Labute approximate surface area is 159 Å². The van der Waals surface area contributed by atoms with Gasteiger partial charge >= 0.3 is 0 Å². The summed E-state index contributed by atoms with van der Waals surface area (Å²) in [5.41, 5.74) is 2.50. The van der Waals surface area contributed by atoms with Crippen molar-refractivity contribution in [1.29, 1.82) is 0 Å². The molecule has 1 aliphatic rings. The van der Waals surface area contributed by atoms with E-state index in [2.05, 4.69) is 53.6 Å². The van der Waals surface area contributed by atoms with Crippen molar-refractivity contribution >= 4 is 11.8 Å². The third kappa shape index (κ3) is 5.12. The number of hydrogen-bond donors (Lipinski definition) is 0. The van der Waals surface area contributed by atoms with Gasteiger partial charge in [-0.25, -0.2) is 4.68 Å². The lowest BCUT2D eigenvalue weighted by Crippen LogP contribution is -2.51. The first kappa shape index (κ1) is 19.0. The minimum atomic E-state index is -0.0281. The van der Waals surface area contributed by atoms with E-state index in [1.54, 1.807) is 4.90 Å². The summed E-state index contributed by atoms with van der Waals surface area (Å²) in [5, 5.41) is 10.8. The van der Waals surface area contributed by atoms with Crippen LogP contribution in [0.25, 0.3) is 0 Å². The van der Waals surface area contributed by atoms with Gasteiger partial charge in [0.2, 0.25) is 11.8 Å². The van der Waals surface area contributed by atoms with Crippen LogP contribution < -0.4 is 0 Å². The lowest BCUT2D eigenvalue weighted by molar-refractivity contribution is -0.140. The van der Waals surface area contributed by atoms with Crippen LogP contribution >= 0.6 is 0 Å². The van der Waals surface area contributed by atoms with Crippen LogP contribution in [0.2, 0.25) is 0 Å². The first-order valence-electron chi connectivity index (χ1n) is 9.38. The molecule has 0 spiro atoms. The fraction of sp³-hybridized carbons (Fsp3) is 0.526. The summed E-state index contributed by atoms with van der Waals surface area (Å²) in [6, 6.07) is 8.50. The van der Waals surface area contributed by atoms with Gasteiger partial charge in [0.15, 0.2) is 0 Å². The number of carbonyl (C=O) groups is 2. The number of benzene rings is 1. The SMILES string of the molecule is CC(C)c1ccc(CCC(=O)N2CCN(C(=O)Cn3cnnn3)CC2)cc1. The van der Waals surface area contributed by atoms with Gasteiger partial charge in [-0.2, -0.15) is 0 Å². The van der Waals surface area contributed by atoms with Gasteiger partial charge in [-0.05, 0) is 33.9 Å². The molecular weight excluding hydrogens is 344 g/mol. The smallest absolute Gasteiger partial charge is 0.244 e. The summed E-state index contributed by atoms with van der Waals surface area (Å²) in [6.07, 6.45) is 2.67. The second-order valence-corrected chi connectivity index (χ2v) is 7.17. The number of piperazine rings is 1. The molecule has 1 aromatic carbocycles. The molecule has 1 fully saturated rings. The van der Waals surface area contributed by atoms with E-state index in [9.17, 15) is 9.59 Å². The highest BCUT2D eigenvalue weighted by Gasteiger charge is 2.24. The molecule has 144 valence electrons. The number of aromatic nitrogens is 4. The topological polar surface area (TPSA) is 84.2 Å². The van der Waals surface area contributed by atoms with Gasteiger partial charge in [-0.3, -0.25) is 9.59 Å². The molecule has 1 aliphatic heterocycles. The van der Waals surface area contributed by atoms with Crippen molar-refractivity contribution in [1.82, 2.24) is 30.0 Å². The van der Waals surface area contributed by atoms with Gasteiger partial charge in [0.05, 0.1) is 0 Å². The van der Waals surface area contributed by atoms with Crippen molar-refractivity contribution in [3.05, 3.63) is 41.7 Å². The average molecular weight is 370 g/mol. The standard InChI is InChI=1S/C19H26N6O2/c1-15(2)17-6-3-16(4-7-17)5-8-18(26)23-9-11-24(12-10-23)19(27)13-25-14-20-21-22-25/h3-4,6-7,14-15H,5,8-13H2,1-2H3. The summed E-state index contributed by atoms with van der Waals surface area (Å²) in [6.45, 7) is 6.73. The molecule has 3 rings (SSSR count). The van der Waals surface area contributed by atoms with Crippen LogP contribution in [0.1, 0.15) is 37.3 Å². The number of aryl methyl sites for hydroxylation is 1. The minimum absolute atomic E-state index is 0.0281. The summed E-state index contributed by atoms with van der Waals surface area (Å²) >= 11 is 0. The molecule has 2 aromatic rings. The van der Waals surface area contributed by atoms with Crippen LogP contribution in [0.4, 0.5) is 0 Å². The highest BCUT2D eigenvalue weighted by Crippen LogP contribution is 2.16. The molecule has 0 atom stereocenters. The zero-order chi connectivity index (χ0) is 19.2. The van der Waals surface area contributed by atoms with E-state index >= 15 is 0 Å². The Kier molecular flexibility index (Phi) is 6.16. The van der Waals surface area contributed by atoms with Crippen LogP contribution in [0.15, 0.2) is 30.6 Å². The van der Waals surface area contributed by atoms with Crippen molar-refractivity contribution < 1.29 is 9.59 Å². The zero-order valence-corrected chi connectivity index (χ0v) is 15.9. The van der Waals surface area contributed by atoms with Crippen molar-refractivity contribution in [3.8, 4) is 0 Å². The molecule has 8 heteroatoms. The lowest BCUT2D eigenvalue weighted by atomic mass is 10.00. The van der Waals surface area contributed by atoms with Crippen molar-refractivity contribution in [2.45, 2.75) is 39.2 Å². The maximum Gasteiger partial charge on any atom is 0.244 e. The van der Waals surface area contributed by atoms with E-state index < -0.39 is 0 Å². The minimum Gasteiger partial charge on any atom is -0.339 e. The molecule has 27 heavy (non-hydrogen) atoms. The molecule has 0 aliphatic carbocycles. The Morgan fingerprint density at radius 1 is 1.00 bits per heavy atom. The molecule has 0 radical (unpaired) electrons. The zero-order valence-electron chi connectivity index (χ0n) is 15.9. The molecule has 2 amide bonds. The second kappa shape index (κ2) is 8.75. The number of rotatable bonds is 6. The van der Waals surface area contributed by atoms with Gasteiger partial charge in [0, 0.05) is 32.6 Å². The van der Waals surface area contributed by atoms with Crippen molar-refractivity contribution in [3.63, 3.8) is 0 Å². The molecule has 1 saturated heterocycles. The number of hydrogen-bond acceptors (Lipinski definition) is 5. The van der Waals surface area contributed by atoms with Gasteiger partial charge in [-0.1, -0.05) is 38.1 Å². The number of carbonyl (C=O) groups excluding carboxylic acids is 2. The molecule has 8 nitrogen and oxygen atoms in total. The van der Waals surface area contributed by atoms with Gasteiger partial charge in [-0.15, -0.1) is 5.10 Å². The van der Waals surface area contributed by atoms with Crippen molar-refractivity contribution in [2.75, 3.05) is 26.2 Å². The fourth-order valence-corrected chi connectivity index (χ4v) is 3.18. The van der Waals surface area contributed by atoms with E-state index in [4.69, 9.17) is 0 Å². The van der Waals surface area contributed by atoms with Crippen LogP contribution in [0, 0.1) is 0 Å². The van der Waals surface area contributed by atoms with E-state index in [1.807, 2.05) is 4.90 Å². The summed E-state index contributed by atoms with van der Waals surface area (Å²) < 4.78 is 1.41. The number of amides is 2. The third-order valence-electron chi connectivity index (χ3n) is 4.95. The van der Waals surface area contributed by atoms with E-state index in [-0.39, 0.29) is 18.4 Å². The first-order chi connectivity index (χ1) is 13.0. The van der Waals surface area contributed by atoms with Gasteiger partial charge in [0.1, 0.15) is 12.9 Å². The van der Waals surface area contributed by atoms with Crippen molar-refractivity contribution in [2.24, 2.45) is 0 Å². The Hall–Kier alpha value is -2.77. The molecule has 2 heterocycles. The molecule has 0 bridgehead atoms. The maximum absolute atomic E-state index is 12.5. The Morgan fingerprint density at radius 3 is 2.19 bits per heavy atom. The molecular formula is C19H26N6O2. The highest BCUT2D eigenvalue weighted by atomic mass is 16.2. The summed E-state index contributed by atoms with van der Waals surface area (Å²) in [5.74, 6) is 0.635.